The lowest BCUT2D eigenvalue weighted by Gasteiger charge is -2.39. The fourth-order valence-corrected chi connectivity index (χ4v) is 3.59. The molecular weight excluding hydrogens is 416 g/mol. The Balaban J connectivity index is 1.46. The summed E-state index contributed by atoms with van der Waals surface area (Å²) in [5.41, 5.74) is 1.98. The van der Waals surface area contributed by atoms with Crippen LogP contribution in [0.5, 0.6) is 5.75 Å². The van der Waals surface area contributed by atoms with Crippen LogP contribution in [0.2, 0.25) is 0 Å². The minimum atomic E-state index is -1.55. The molecule has 5 unspecified atom stereocenters. The van der Waals surface area contributed by atoms with Crippen molar-refractivity contribution in [2.24, 2.45) is 0 Å². The van der Waals surface area contributed by atoms with Gasteiger partial charge in [-0.1, -0.05) is 24.3 Å². The van der Waals surface area contributed by atoms with E-state index in [1.54, 1.807) is 36.5 Å². The number of rotatable bonds is 6. The van der Waals surface area contributed by atoms with E-state index in [1.807, 2.05) is 24.3 Å². The minimum Gasteiger partial charge on any atom is -0.462 e. The zero-order valence-electron chi connectivity index (χ0n) is 17.0. The van der Waals surface area contributed by atoms with Gasteiger partial charge < -0.3 is 35.2 Å². The molecule has 2 aromatic carbocycles. The van der Waals surface area contributed by atoms with Gasteiger partial charge in [0, 0.05) is 22.8 Å². The number of ether oxygens (including phenoxy) is 2. The van der Waals surface area contributed by atoms with Crippen LogP contribution in [0.1, 0.15) is 5.56 Å². The Morgan fingerprint density at radius 2 is 1.84 bits per heavy atom. The van der Waals surface area contributed by atoms with Gasteiger partial charge in [-0.25, -0.2) is 0 Å². The first kappa shape index (κ1) is 22.1. The third kappa shape index (κ3) is 4.72. The second kappa shape index (κ2) is 9.60. The van der Waals surface area contributed by atoms with Crippen LogP contribution in [0, 0.1) is 0 Å². The molecule has 9 nitrogen and oxygen atoms in total. The fourth-order valence-electron chi connectivity index (χ4n) is 3.59. The van der Waals surface area contributed by atoms with Crippen LogP contribution in [0.3, 0.4) is 0 Å². The predicted molar refractivity (Wildman–Crippen MR) is 115 cm³/mol. The monoisotopic (exact) mass is 440 g/mol. The maximum Gasteiger partial charge on any atom is 0.229 e. The molecule has 2 heterocycles. The number of aromatic nitrogens is 1. The maximum atomic E-state index is 12.7. The van der Waals surface area contributed by atoms with Crippen LogP contribution < -0.4 is 10.1 Å². The Hall–Kier alpha value is -3.08. The number of hydrogen-bond donors (Lipinski definition) is 5. The molecule has 0 spiro atoms. The summed E-state index contributed by atoms with van der Waals surface area (Å²) in [7, 11) is 0. The van der Waals surface area contributed by atoms with Crippen molar-refractivity contribution in [2.45, 2.75) is 37.1 Å². The molecule has 5 N–H and O–H groups in total. The minimum absolute atomic E-state index is 0.0152. The van der Waals surface area contributed by atoms with Gasteiger partial charge in [0.25, 0.3) is 0 Å². The van der Waals surface area contributed by atoms with E-state index in [2.05, 4.69) is 10.3 Å². The number of aliphatic hydroxyl groups is 4. The largest absolute Gasteiger partial charge is 0.462 e. The Morgan fingerprint density at radius 1 is 1.03 bits per heavy atom. The number of pyridine rings is 1. The molecule has 5 atom stereocenters. The van der Waals surface area contributed by atoms with E-state index < -0.39 is 37.3 Å². The molecule has 1 amide bonds. The van der Waals surface area contributed by atoms with E-state index in [1.165, 1.54) is 0 Å². The van der Waals surface area contributed by atoms with Crippen LogP contribution in [0.4, 0.5) is 5.69 Å². The van der Waals surface area contributed by atoms with Crippen molar-refractivity contribution in [3.63, 3.8) is 0 Å². The number of fused-ring (bicyclic) bond motifs is 1. The number of para-hydroxylation sites is 1. The molecule has 0 bridgehead atoms. The highest BCUT2D eigenvalue weighted by Crippen LogP contribution is 2.27. The molecule has 0 saturated carbocycles. The topological polar surface area (TPSA) is 141 Å². The number of nitrogens with zero attached hydrogens (tertiary/aromatic N) is 1. The van der Waals surface area contributed by atoms with E-state index in [4.69, 9.17) is 9.47 Å². The summed E-state index contributed by atoms with van der Waals surface area (Å²) in [6, 6.07) is 15.9. The average molecular weight is 440 g/mol. The van der Waals surface area contributed by atoms with Gasteiger partial charge in [-0.2, -0.15) is 0 Å². The number of benzene rings is 2. The fraction of sp³-hybridized carbons (Fsp3) is 0.304. The first-order chi connectivity index (χ1) is 15.5. The zero-order valence-corrected chi connectivity index (χ0v) is 17.0. The second-order valence-electron chi connectivity index (χ2n) is 7.56. The van der Waals surface area contributed by atoms with Gasteiger partial charge in [-0.05, 0) is 30.3 Å². The van der Waals surface area contributed by atoms with Gasteiger partial charge in [0.15, 0.2) is 0 Å². The lowest BCUT2D eigenvalue weighted by atomic mass is 9.99. The van der Waals surface area contributed by atoms with E-state index >= 15 is 0 Å². The third-order valence-corrected chi connectivity index (χ3v) is 5.30. The molecule has 9 heteroatoms. The number of carbonyl (C=O) groups excluding carboxylic acids is 1. The Morgan fingerprint density at radius 3 is 2.66 bits per heavy atom. The van der Waals surface area contributed by atoms with Crippen molar-refractivity contribution < 1.29 is 34.7 Å². The molecule has 0 radical (unpaired) electrons. The number of aliphatic hydroxyl groups excluding tert-OH is 4. The summed E-state index contributed by atoms with van der Waals surface area (Å²) < 4.78 is 11.1. The van der Waals surface area contributed by atoms with Gasteiger partial charge in [0.2, 0.25) is 12.2 Å². The van der Waals surface area contributed by atoms with Gasteiger partial charge in [0.1, 0.15) is 30.2 Å². The van der Waals surface area contributed by atoms with Crippen molar-refractivity contribution in [3.05, 3.63) is 66.4 Å². The molecule has 0 aliphatic carbocycles. The van der Waals surface area contributed by atoms with Crippen LogP contribution in [-0.4, -0.2) is 68.6 Å². The number of nitrogens with one attached hydrogen (secondary N) is 1. The lowest BCUT2D eigenvalue weighted by molar-refractivity contribution is -0.277. The molecule has 32 heavy (non-hydrogen) atoms. The Kier molecular flexibility index (Phi) is 6.63. The first-order valence-electron chi connectivity index (χ1n) is 10.2. The number of carbonyl (C=O) groups is 1. The molecule has 1 fully saturated rings. The molecule has 1 saturated heterocycles. The molecule has 1 aromatic heterocycles. The highest BCUT2D eigenvalue weighted by molar-refractivity contribution is 5.95. The molecule has 3 aromatic rings. The first-order valence-corrected chi connectivity index (χ1v) is 10.2. The van der Waals surface area contributed by atoms with Crippen molar-refractivity contribution in [1.29, 1.82) is 0 Å². The van der Waals surface area contributed by atoms with Crippen LogP contribution >= 0.6 is 0 Å². The van der Waals surface area contributed by atoms with E-state index in [-0.39, 0.29) is 18.1 Å². The lowest BCUT2D eigenvalue weighted by Crippen LogP contribution is -2.60. The summed E-state index contributed by atoms with van der Waals surface area (Å²) in [6.45, 7) is -0.559. The smallest absolute Gasteiger partial charge is 0.229 e. The molecule has 1 aliphatic heterocycles. The van der Waals surface area contributed by atoms with E-state index in [0.29, 0.717) is 11.3 Å². The maximum absolute atomic E-state index is 12.7. The summed E-state index contributed by atoms with van der Waals surface area (Å²) in [4.78, 5) is 16.9. The van der Waals surface area contributed by atoms with Gasteiger partial charge in [0.05, 0.1) is 18.5 Å². The summed E-state index contributed by atoms with van der Waals surface area (Å²) >= 11 is 0. The van der Waals surface area contributed by atoms with Gasteiger partial charge in [-0.15, -0.1) is 0 Å². The highest BCUT2D eigenvalue weighted by Gasteiger charge is 2.44. The molecule has 4 rings (SSSR count). The molecule has 1 aliphatic rings. The van der Waals surface area contributed by atoms with Crippen molar-refractivity contribution in [1.82, 2.24) is 4.98 Å². The van der Waals surface area contributed by atoms with E-state index in [0.717, 1.165) is 10.9 Å². The number of hydrogen-bond acceptors (Lipinski definition) is 8. The van der Waals surface area contributed by atoms with Gasteiger partial charge in [-0.3, -0.25) is 9.78 Å². The average Bonchev–Trinajstić information content (AvgIpc) is 2.80. The van der Waals surface area contributed by atoms with Crippen LogP contribution in [0.15, 0.2) is 60.8 Å². The van der Waals surface area contributed by atoms with E-state index in [9.17, 15) is 25.2 Å². The summed E-state index contributed by atoms with van der Waals surface area (Å²) in [5.74, 6) is -0.00668. The van der Waals surface area contributed by atoms with Crippen molar-refractivity contribution >= 4 is 22.5 Å². The second-order valence-corrected chi connectivity index (χ2v) is 7.56. The Bertz CT molecular complexity index is 1090. The Labute approximate surface area is 183 Å². The third-order valence-electron chi connectivity index (χ3n) is 5.30. The highest BCUT2D eigenvalue weighted by atomic mass is 16.7. The van der Waals surface area contributed by atoms with Crippen LogP contribution in [0.25, 0.3) is 10.9 Å². The number of amides is 1. The molecule has 168 valence electrons. The standard InChI is InChI=1S/C23H24N2O7/c26-12-18-20(28)21(29)22(30)23(32-18)31-17-6-2-1-4-14(17)11-19(27)25-15-7-8-16-13(10-15)5-3-9-24-16/h1-10,18,20-23,26,28-30H,11-12H2,(H,25,27). The summed E-state index contributed by atoms with van der Waals surface area (Å²) in [5, 5.41) is 43.2. The SMILES string of the molecule is O=C(Cc1ccccc1OC1OC(CO)C(O)C(O)C1O)Nc1ccc2ncccc2c1. The van der Waals surface area contributed by atoms with Crippen LogP contribution in [-0.2, 0) is 16.0 Å². The normalized spacial score (nSPS) is 25.4. The van der Waals surface area contributed by atoms with Crippen molar-refractivity contribution in [3.8, 4) is 5.75 Å². The summed E-state index contributed by atoms with van der Waals surface area (Å²) in [6.07, 6.45) is -5.30. The van der Waals surface area contributed by atoms with Crippen molar-refractivity contribution in [2.75, 3.05) is 11.9 Å². The quantitative estimate of drug-likeness (QED) is 0.375. The van der Waals surface area contributed by atoms with Gasteiger partial charge >= 0.3 is 0 Å². The zero-order chi connectivity index (χ0) is 22.7. The predicted octanol–water partition coefficient (Wildman–Crippen LogP) is 0.595. The molecular formula is C23H24N2O7. The number of anilines is 1.